The monoisotopic (exact) mass is 364 g/mol. The molecule has 2 nitrogen and oxygen atoms in total. The summed E-state index contributed by atoms with van der Waals surface area (Å²) in [6.07, 6.45) is 9.24. The highest BCUT2D eigenvalue weighted by molar-refractivity contribution is 14.1. The lowest BCUT2D eigenvalue weighted by molar-refractivity contribution is -0.137. The summed E-state index contributed by atoms with van der Waals surface area (Å²) in [5, 5.41) is 0. The Hall–Kier alpha value is -0.320. The summed E-state index contributed by atoms with van der Waals surface area (Å²) in [5.41, 5.74) is 1.46. The zero-order chi connectivity index (χ0) is 13.8. The summed E-state index contributed by atoms with van der Waals surface area (Å²) in [6.45, 7) is 6.76. The molecule has 0 saturated carbocycles. The maximum absolute atomic E-state index is 11.0. The van der Waals surface area contributed by atoms with Crippen LogP contribution in [0.25, 0.3) is 0 Å². The van der Waals surface area contributed by atoms with Gasteiger partial charge in [-0.15, -0.1) is 0 Å². The number of hydrogen-bond acceptors (Lipinski definition) is 2. The molecule has 0 spiro atoms. The smallest absolute Gasteiger partial charge is 0.330 e. The van der Waals surface area contributed by atoms with Crippen molar-refractivity contribution in [2.24, 2.45) is 5.92 Å². The quantitative estimate of drug-likeness (QED) is 0.248. The SMILES string of the molecule is CCOC(=O)/C=C/CCCC[C@@H](C)C/C(C)=C/I. The number of hydrogen-bond donors (Lipinski definition) is 0. The van der Waals surface area contributed by atoms with Gasteiger partial charge in [-0.2, -0.15) is 0 Å². The van der Waals surface area contributed by atoms with Gasteiger partial charge in [0, 0.05) is 6.08 Å². The zero-order valence-corrected chi connectivity index (χ0v) is 13.9. The molecule has 0 aromatic heterocycles. The van der Waals surface area contributed by atoms with E-state index in [1.807, 2.05) is 13.0 Å². The lowest BCUT2D eigenvalue weighted by Gasteiger charge is -2.10. The number of esters is 1. The standard InChI is InChI=1S/C15H25IO2/c1-4-18-15(17)10-8-6-5-7-9-13(2)11-14(3)12-16/h8,10,12-13H,4-7,9,11H2,1-3H3/b10-8+,14-12+/t13-/m1/s1. The van der Waals surface area contributed by atoms with Crippen molar-refractivity contribution in [3.8, 4) is 0 Å². The fourth-order valence-electron chi connectivity index (χ4n) is 1.82. The van der Waals surface area contributed by atoms with Crippen LogP contribution in [-0.2, 0) is 9.53 Å². The van der Waals surface area contributed by atoms with Crippen LogP contribution >= 0.6 is 22.6 Å². The number of halogens is 1. The highest BCUT2D eigenvalue weighted by Crippen LogP contribution is 2.18. The number of unbranched alkanes of at least 4 members (excludes halogenated alkanes) is 2. The first-order chi connectivity index (χ1) is 8.60. The van der Waals surface area contributed by atoms with Crippen LogP contribution in [0.15, 0.2) is 21.8 Å². The fraction of sp³-hybridized carbons (Fsp3) is 0.667. The van der Waals surface area contributed by atoms with Crippen molar-refractivity contribution >= 4 is 28.6 Å². The molecule has 0 heterocycles. The van der Waals surface area contributed by atoms with Crippen LogP contribution in [0.3, 0.4) is 0 Å². The highest BCUT2D eigenvalue weighted by Gasteiger charge is 2.02. The van der Waals surface area contributed by atoms with Gasteiger partial charge in [0.1, 0.15) is 0 Å². The molecule has 0 aliphatic rings. The second kappa shape index (κ2) is 11.8. The maximum atomic E-state index is 11.0. The summed E-state index contributed by atoms with van der Waals surface area (Å²) >= 11 is 2.30. The molecule has 0 unspecified atom stereocenters. The van der Waals surface area contributed by atoms with Crippen LogP contribution in [0.4, 0.5) is 0 Å². The lowest BCUT2D eigenvalue weighted by atomic mass is 9.97. The van der Waals surface area contributed by atoms with Gasteiger partial charge in [0.2, 0.25) is 0 Å². The van der Waals surface area contributed by atoms with E-state index in [0.717, 1.165) is 18.8 Å². The molecular formula is C15H25IO2. The van der Waals surface area contributed by atoms with Gasteiger partial charge >= 0.3 is 5.97 Å². The molecule has 0 aliphatic carbocycles. The third kappa shape index (κ3) is 10.8. The van der Waals surface area contributed by atoms with E-state index in [0.29, 0.717) is 6.61 Å². The fourth-order valence-corrected chi connectivity index (χ4v) is 2.08. The van der Waals surface area contributed by atoms with Crippen LogP contribution in [-0.4, -0.2) is 12.6 Å². The highest BCUT2D eigenvalue weighted by atomic mass is 127. The van der Waals surface area contributed by atoms with E-state index < -0.39 is 0 Å². The van der Waals surface area contributed by atoms with Crippen molar-refractivity contribution in [3.05, 3.63) is 21.8 Å². The van der Waals surface area contributed by atoms with Crippen LogP contribution in [0, 0.1) is 5.92 Å². The molecule has 0 aliphatic heterocycles. The van der Waals surface area contributed by atoms with E-state index in [4.69, 9.17) is 4.74 Å². The van der Waals surface area contributed by atoms with Crippen molar-refractivity contribution in [1.82, 2.24) is 0 Å². The number of rotatable bonds is 9. The first-order valence-corrected chi connectivity index (χ1v) is 7.93. The minimum Gasteiger partial charge on any atom is -0.463 e. The molecule has 0 amide bonds. The Labute approximate surface area is 125 Å². The molecule has 104 valence electrons. The summed E-state index contributed by atoms with van der Waals surface area (Å²) in [7, 11) is 0. The maximum Gasteiger partial charge on any atom is 0.330 e. The third-order valence-electron chi connectivity index (χ3n) is 2.71. The van der Waals surface area contributed by atoms with Crippen molar-refractivity contribution in [1.29, 1.82) is 0 Å². The van der Waals surface area contributed by atoms with Gasteiger partial charge in [-0.25, -0.2) is 4.79 Å². The largest absolute Gasteiger partial charge is 0.463 e. The van der Waals surface area contributed by atoms with Gasteiger partial charge in [0.25, 0.3) is 0 Å². The van der Waals surface area contributed by atoms with Gasteiger partial charge in [0.15, 0.2) is 0 Å². The second-order valence-corrected chi connectivity index (χ2v) is 5.33. The Kier molecular flexibility index (Phi) is 11.5. The van der Waals surface area contributed by atoms with Crippen molar-refractivity contribution in [2.45, 2.75) is 52.9 Å². The predicted molar refractivity (Wildman–Crippen MR) is 85.8 cm³/mol. The topological polar surface area (TPSA) is 26.3 Å². The normalized spacial score (nSPS) is 13.9. The molecule has 18 heavy (non-hydrogen) atoms. The number of ether oxygens (including phenoxy) is 1. The molecule has 0 aromatic rings. The van der Waals surface area contributed by atoms with Crippen LogP contribution in [0.2, 0.25) is 0 Å². The summed E-state index contributed by atoms with van der Waals surface area (Å²) in [5.74, 6) is 0.527. The van der Waals surface area contributed by atoms with Gasteiger partial charge in [-0.1, -0.05) is 54.0 Å². The van der Waals surface area contributed by atoms with Gasteiger partial charge in [-0.3, -0.25) is 0 Å². The molecular weight excluding hydrogens is 339 g/mol. The average Bonchev–Trinajstić information content (AvgIpc) is 2.33. The third-order valence-corrected chi connectivity index (χ3v) is 3.78. The molecule has 0 rings (SSSR count). The van der Waals surface area contributed by atoms with Crippen molar-refractivity contribution in [2.75, 3.05) is 6.61 Å². The molecule has 3 heteroatoms. The molecule has 0 aromatic carbocycles. The molecule has 0 radical (unpaired) electrons. The lowest BCUT2D eigenvalue weighted by Crippen LogP contribution is -1.98. The Morgan fingerprint density at radius 1 is 1.39 bits per heavy atom. The number of allylic oxidation sites excluding steroid dienone is 2. The number of carbonyl (C=O) groups is 1. The van der Waals surface area contributed by atoms with Gasteiger partial charge in [-0.05, 0) is 43.1 Å². The van der Waals surface area contributed by atoms with Gasteiger partial charge < -0.3 is 4.74 Å². The second-order valence-electron chi connectivity index (χ2n) is 4.70. The van der Waals surface area contributed by atoms with E-state index in [1.54, 1.807) is 0 Å². The average molecular weight is 364 g/mol. The van der Waals surface area contributed by atoms with Crippen molar-refractivity contribution in [3.63, 3.8) is 0 Å². The van der Waals surface area contributed by atoms with E-state index in [2.05, 4.69) is 40.5 Å². The van der Waals surface area contributed by atoms with Crippen LogP contribution in [0.5, 0.6) is 0 Å². The Bertz CT molecular complexity index is 282. The summed E-state index contributed by atoms with van der Waals surface area (Å²) < 4.78 is 6.97. The summed E-state index contributed by atoms with van der Waals surface area (Å²) in [4.78, 5) is 11.0. The zero-order valence-electron chi connectivity index (χ0n) is 11.7. The van der Waals surface area contributed by atoms with E-state index in [-0.39, 0.29) is 5.97 Å². The summed E-state index contributed by atoms with van der Waals surface area (Å²) in [6, 6.07) is 0. The molecule has 0 saturated heterocycles. The van der Waals surface area contributed by atoms with E-state index >= 15 is 0 Å². The van der Waals surface area contributed by atoms with Crippen molar-refractivity contribution < 1.29 is 9.53 Å². The van der Waals surface area contributed by atoms with E-state index in [1.165, 1.54) is 30.9 Å². The molecule has 1 atom stereocenters. The van der Waals surface area contributed by atoms with E-state index in [9.17, 15) is 4.79 Å². The van der Waals surface area contributed by atoms with Gasteiger partial charge in [0.05, 0.1) is 6.61 Å². The predicted octanol–water partition coefficient (Wildman–Crippen LogP) is 5.03. The minimum absolute atomic E-state index is 0.228. The Balaban J connectivity index is 3.53. The van der Waals surface area contributed by atoms with Crippen LogP contribution < -0.4 is 0 Å². The first-order valence-electron chi connectivity index (χ1n) is 6.69. The molecule has 0 bridgehead atoms. The Morgan fingerprint density at radius 2 is 2.11 bits per heavy atom. The minimum atomic E-state index is -0.228. The first kappa shape index (κ1) is 17.7. The number of carbonyl (C=O) groups excluding carboxylic acids is 1. The van der Waals surface area contributed by atoms with Crippen LogP contribution in [0.1, 0.15) is 52.9 Å². The Morgan fingerprint density at radius 3 is 2.72 bits per heavy atom. The molecule has 0 fully saturated rings. The molecule has 0 N–H and O–H groups in total.